The van der Waals surface area contributed by atoms with Crippen LogP contribution < -0.4 is 0 Å². The van der Waals surface area contributed by atoms with Gasteiger partial charge in [0.25, 0.3) is 0 Å². The van der Waals surface area contributed by atoms with Crippen LogP contribution in [-0.2, 0) is 6.42 Å². The normalized spacial score (nSPS) is 15.8. The predicted octanol–water partition coefficient (Wildman–Crippen LogP) is 4.31. The Balaban J connectivity index is 1.23. The van der Waals surface area contributed by atoms with E-state index in [0.717, 1.165) is 50.0 Å². The van der Waals surface area contributed by atoms with Crippen molar-refractivity contribution in [3.05, 3.63) is 65.7 Å². The lowest BCUT2D eigenvalue weighted by atomic mass is 9.96. The number of piperidine rings is 1. The molecule has 8 heteroatoms. The van der Waals surface area contributed by atoms with Gasteiger partial charge in [-0.05, 0) is 62.2 Å². The number of nitrogens with zero attached hydrogens (tertiary/aromatic N) is 4. The number of H-pyrrole nitrogens is 1. The molecular weight excluding hydrogens is 388 g/mol. The molecule has 30 heavy (non-hydrogen) atoms. The Labute approximate surface area is 171 Å². The predicted molar refractivity (Wildman–Crippen MR) is 108 cm³/mol. The highest BCUT2D eigenvalue weighted by Gasteiger charge is 2.26. The number of benzene rings is 2. The van der Waals surface area contributed by atoms with Crippen molar-refractivity contribution in [2.24, 2.45) is 0 Å². The minimum absolute atomic E-state index is 0.167. The number of hydrogen-bond donors (Lipinski definition) is 1. The average Bonchev–Trinajstić information content (AvgIpc) is 3.43. The van der Waals surface area contributed by atoms with Crippen LogP contribution in [0.1, 0.15) is 30.2 Å². The molecule has 1 saturated heterocycles. The second-order valence-electron chi connectivity index (χ2n) is 7.70. The van der Waals surface area contributed by atoms with Gasteiger partial charge in [-0.3, -0.25) is 5.10 Å². The molecule has 1 N–H and O–H groups in total. The molecular formula is C22H21F2N5O. The van der Waals surface area contributed by atoms with Crippen molar-refractivity contribution in [2.75, 3.05) is 19.6 Å². The quantitative estimate of drug-likeness (QED) is 0.532. The molecule has 0 spiro atoms. The number of aromatic amines is 1. The van der Waals surface area contributed by atoms with Gasteiger partial charge in [0, 0.05) is 17.8 Å². The van der Waals surface area contributed by atoms with Crippen LogP contribution in [0.4, 0.5) is 8.78 Å². The summed E-state index contributed by atoms with van der Waals surface area (Å²) in [6.45, 7) is 2.78. The molecule has 0 radical (unpaired) electrons. The van der Waals surface area contributed by atoms with Gasteiger partial charge in [-0.25, -0.2) is 8.78 Å². The van der Waals surface area contributed by atoms with E-state index in [4.69, 9.17) is 4.52 Å². The van der Waals surface area contributed by atoms with Gasteiger partial charge in [-0.15, -0.1) is 0 Å². The summed E-state index contributed by atoms with van der Waals surface area (Å²) < 4.78 is 33.0. The zero-order chi connectivity index (χ0) is 20.5. The Morgan fingerprint density at radius 2 is 1.87 bits per heavy atom. The minimum atomic E-state index is -0.396. The van der Waals surface area contributed by atoms with Gasteiger partial charge in [0.05, 0.1) is 17.3 Å². The van der Waals surface area contributed by atoms with Crippen molar-refractivity contribution in [3.63, 3.8) is 0 Å². The van der Waals surface area contributed by atoms with Crippen LogP contribution >= 0.6 is 0 Å². The van der Waals surface area contributed by atoms with E-state index in [-0.39, 0.29) is 17.6 Å². The highest BCUT2D eigenvalue weighted by Crippen LogP contribution is 2.32. The van der Waals surface area contributed by atoms with Gasteiger partial charge in [0.15, 0.2) is 0 Å². The Morgan fingerprint density at radius 3 is 2.67 bits per heavy atom. The van der Waals surface area contributed by atoms with Crippen LogP contribution in [-0.4, -0.2) is 44.9 Å². The van der Waals surface area contributed by atoms with Gasteiger partial charge in [0.2, 0.25) is 11.7 Å². The molecule has 1 aliphatic heterocycles. The Hall–Kier alpha value is -3.13. The number of fused-ring (bicyclic) bond motifs is 1. The van der Waals surface area contributed by atoms with Crippen molar-refractivity contribution in [1.29, 1.82) is 0 Å². The number of likely N-dealkylation sites (tertiary alicyclic amines) is 1. The molecule has 154 valence electrons. The molecule has 2 aromatic heterocycles. The number of rotatable bonds is 5. The van der Waals surface area contributed by atoms with Crippen LogP contribution in [0.15, 0.2) is 47.1 Å². The van der Waals surface area contributed by atoms with Crippen LogP contribution in [0.25, 0.3) is 22.3 Å². The number of hydrogen-bond acceptors (Lipinski definition) is 5. The first-order valence-electron chi connectivity index (χ1n) is 10.1. The van der Waals surface area contributed by atoms with E-state index in [9.17, 15) is 8.78 Å². The Morgan fingerprint density at radius 1 is 1.07 bits per heavy atom. The molecule has 0 saturated carbocycles. The van der Waals surface area contributed by atoms with Gasteiger partial charge < -0.3 is 9.42 Å². The lowest BCUT2D eigenvalue weighted by Crippen LogP contribution is -2.34. The zero-order valence-corrected chi connectivity index (χ0v) is 16.3. The van der Waals surface area contributed by atoms with E-state index in [1.165, 1.54) is 18.2 Å². The summed E-state index contributed by atoms with van der Waals surface area (Å²) in [6, 6.07) is 9.70. The SMILES string of the molecule is Fc1ccc(CCN2CCC(c3nc(-c4c(F)ccc5[nH]ncc45)no3)CC2)cc1. The highest BCUT2D eigenvalue weighted by atomic mass is 19.1. The lowest BCUT2D eigenvalue weighted by molar-refractivity contribution is 0.196. The molecule has 0 unspecified atom stereocenters. The summed E-state index contributed by atoms with van der Waals surface area (Å²) in [4.78, 5) is 6.90. The first-order valence-corrected chi connectivity index (χ1v) is 10.1. The van der Waals surface area contributed by atoms with Crippen molar-refractivity contribution < 1.29 is 13.3 Å². The van der Waals surface area contributed by atoms with E-state index in [1.807, 2.05) is 12.1 Å². The summed E-state index contributed by atoms with van der Waals surface area (Å²) in [6.07, 6.45) is 4.28. The molecule has 0 amide bonds. The van der Waals surface area contributed by atoms with E-state index in [2.05, 4.69) is 25.2 Å². The summed E-state index contributed by atoms with van der Waals surface area (Å²) in [5.74, 6) is 0.380. The third kappa shape index (κ3) is 3.70. The molecule has 0 atom stereocenters. The summed E-state index contributed by atoms with van der Waals surface area (Å²) in [5, 5.41) is 11.5. The van der Waals surface area contributed by atoms with Crippen LogP contribution in [0.5, 0.6) is 0 Å². The fourth-order valence-corrected chi connectivity index (χ4v) is 4.06. The summed E-state index contributed by atoms with van der Waals surface area (Å²) in [7, 11) is 0. The van der Waals surface area contributed by atoms with E-state index in [0.29, 0.717) is 16.8 Å². The third-order valence-electron chi connectivity index (χ3n) is 5.81. The second kappa shape index (κ2) is 7.95. The average molecular weight is 409 g/mol. The standard InChI is InChI=1S/C22H21F2N5O/c23-16-3-1-14(2-4-16)7-10-29-11-8-15(9-12-29)22-26-21(28-30-22)20-17-13-25-27-19(17)6-5-18(20)24/h1-6,13,15H,7-12H2,(H,25,27). The van der Waals surface area contributed by atoms with E-state index >= 15 is 0 Å². The fraction of sp³-hybridized carbons (Fsp3) is 0.318. The van der Waals surface area contributed by atoms with Gasteiger partial charge in [0.1, 0.15) is 11.6 Å². The van der Waals surface area contributed by atoms with Crippen molar-refractivity contribution in [2.45, 2.75) is 25.2 Å². The molecule has 1 fully saturated rings. The first-order chi connectivity index (χ1) is 14.7. The van der Waals surface area contributed by atoms with E-state index < -0.39 is 5.82 Å². The van der Waals surface area contributed by atoms with Crippen molar-refractivity contribution in [1.82, 2.24) is 25.2 Å². The maximum Gasteiger partial charge on any atom is 0.230 e. The maximum atomic E-state index is 14.4. The maximum absolute atomic E-state index is 14.4. The molecule has 0 bridgehead atoms. The third-order valence-corrected chi connectivity index (χ3v) is 5.81. The highest BCUT2D eigenvalue weighted by molar-refractivity contribution is 5.92. The Kier molecular flexibility index (Phi) is 5.00. The topological polar surface area (TPSA) is 70.8 Å². The largest absolute Gasteiger partial charge is 0.339 e. The Bertz CT molecular complexity index is 1150. The van der Waals surface area contributed by atoms with Gasteiger partial charge in [-0.2, -0.15) is 10.1 Å². The van der Waals surface area contributed by atoms with Crippen molar-refractivity contribution in [3.8, 4) is 11.4 Å². The minimum Gasteiger partial charge on any atom is -0.339 e. The lowest BCUT2D eigenvalue weighted by Gasteiger charge is -2.30. The van der Waals surface area contributed by atoms with Crippen LogP contribution in [0, 0.1) is 11.6 Å². The van der Waals surface area contributed by atoms with Gasteiger partial charge >= 0.3 is 0 Å². The molecule has 5 rings (SSSR count). The molecule has 6 nitrogen and oxygen atoms in total. The smallest absolute Gasteiger partial charge is 0.230 e. The monoisotopic (exact) mass is 409 g/mol. The molecule has 0 aliphatic carbocycles. The van der Waals surface area contributed by atoms with Crippen molar-refractivity contribution >= 4 is 10.9 Å². The van der Waals surface area contributed by atoms with Crippen LogP contribution in [0.3, 0.4) is 0 Å². The molecule has 4 aromatic rings. The second-order valence-corrected chi connectivity index (χ2v) is 7.70. The zero-order valence-electron chi connectivity index (χ0n) is 16.3. The number of halogens is 2. The van der Waals surface area contributed by atoms with E-state index in [1.54, 1.807) is 12.3 Å². The summed E-state index contributed by atoms with van der Waals surface area (Å²) >= 11 is 0. The summed E-state index contributed by atoms with van der Waals surface area (Å²) in [5.41, 5.74) is 2.18. The fourth-order valence-electron chi connectivity index (χ4n) is 4.06. The van der Waals surface area contributed by atoms with Crippen LogP contribution in [0.2, 0.25) is 0 Å². The first kappa shape index (κ1) is 18.9. The number of aromatic nitrogens is 4. The van der Waals surface area contributed by atoms with Gasteiger partial charge in [-0.1, -0.05) is 17.3 Å². The molecule has 1 aliphatic rings. The number of nitrogens with one attached hydrogen (secondary N) is 1. The molecule has 3 heterocycles. The molecule has 2 aromatic carbocycles.